The van der Waals surface area contributed by atoms with E-state index in [1.807, 2.05) is 59.2 Å². The van der Waals surface area contributed by atoms with Crippen molar-refractivity contribution in [1.82, 2.24) is 20.0 Å². The maximum atomic E-state index is 14.4. The average Bonchev–Trinajstić information content (AvgIpc) is 3.66. The molecule has 10 nitrogen and oxygen atoms in total. The maximum Gasteiger partial charge on any atom is 0.307 e. The van der Waals surface area contributed by atoms with Gasteiger partial charge in [-0.05, 0) is 67.1 Å². The van der Waals surface area contributed by atoms with Crippen LogP contribution >= 0.6 is 15.9 Å². The molecule has 46 heavy (non-hydrogen) atoms. The third-order valence-corrected chi connectivity index (χ3v) is 10.8. The zero-order valence-corrected chi connectivity index (χ0v) is 27.5. The Morgan fingerprint density at radius 1 is 1.07 bits per heavy atom. The molecule has 2 fully saturated rings. The number of carboxylic acids is 1. The van der Waals surface area contributed by atoms with E-state index in [4.69, 9.17) is 4.74 Å². The number of aliphatic carboxylic acids is 1. The van der Waals surface area contributed by atoms with Gasteiger partial charge >= 0.3 is 5.97 Å². The molecule has 2 aromatic carbocycles. The molecule has 4 atom stereocenters. The van der Waals surface area contributed by atoms with E-state index in [-0.39, 0.29) is 17.9 Å². The van der Waals surface area contributed by atoms with E-state index in [1.165, 1.54) is 0 Å². The number of ether oxygens (including phenoxy) is 1. The Labute approximate surface area is 276 Å². The lowest BCUT2D eigenvalue weighted by Crippen LogP contribution is -2.50. The fraction of sp³-hybridized carbons (Fsp3) is 0.457. The largest absolute Gasteiger partial charge is 0.488 e. The number of nitrogens with zero attached hydrogens (tertiary/aromatic N) is 5. The second-order valence-electron chi connectivity index (χ2n) is 13.0. The summed E-state index contributed by atoms with van der Waals surface area (Å²) < 4.78 is 7.72. The van der Waals surface area contributed by atoms with Crippen molar-refractivity contribution in [3.05, 3.63) is 81.0 Å². The van der Waals surface area contributed by atoms with Crippen molar-refractivity contribution >= 4 is 39.5 Å². The average molecular weight is 689 g/mol. The number of carboxylic acid groups (broad SMARTS) is 1. The summed E-state index contributed by atoms with van der Waals surface area (Å²) in [7, 11) is 0. The number of aromatic nitrogens is 2. The third-order valence-electron chi connectivity index (χ3n) is 10.1. The number of carbonyl (C=O) groups excluding carboxylic acids is 2. The van der Waals surface area contributed by atoms with Crippen LogP contribution in [0.3, 0.4) is 0 Å². The molecule has 7 rings (SSSR count). The summed E-state index contributed by atoms with van der Waals surface area (Å²) in [4.78, 5) is 46.1. The van der Waals surface area contributed by atoms with E-state index in [1.54, 1.807) is 6.20 Å². The van der Waals surface area contributed by atoms with E-state index >= 15 is 0 Å². The number of halogens is 1. The Hall–Kier alpha value is -3.99. The molecule has 0 radical (unpaired) electrons. The Balaban J connectivity index is 1.23. The molecule has 1 saturated heterocycles. The number of fused-ring (bicyclic) bond motifs is 2. The summed E-state index contributed by atoms with van der Waals surface area (Å²) in [5.74, 6) is -0.863. The van der Waals surface area contributed by atoms with Crippen molar-refractivity contribution < 1.29 is 24.2 Å². The second kappa shape index (κ2) is 12.7. The van der Waals surface area contributed by atoms with Gasteiger partial charge in [0, 0.05) is 48.2 Å². The summed E-state index contributed by atoms with van der Waals surface area (Å²) in [6.07, 6.45) is 5.74. The van der Waals surface area contributed by atoms with Crippen molar-refractivity contribution in [2.75, 3.05) is 31.1 Å². The molecule has 1 aromatic heterocycles. The van der Waals surface area contributed by atoms with Crippen molar-refractivity contribution in [2.24, 2.45) is 11.8 Å². The Morgan fingerprint density at radius 3 is 2.65 bits per heavy atom. The third kappa shape index (κ3) is 5.74. The van der Waals surface area contributed by atoms with Crippen LogP contribution < -0.4 is 9.64 Å². The lowest BCUT2D eigenvalue weighted by Gasteiger charge is -2.43. The van der Waals surface area contributed by atoms with E-state index in [0.29, 0.717) is 56.8 Å². The summed E-state index contributed by atoms with van der Waals surface area (Å²) >= 11 is 3.77. The first-order chi connectivity index (χ1) is 22.3. The summed E-state index contributed by atoms with van der Waals surface area (Å²) in [6.45, 7) is 4.63. The smallest absolute Gasteiger partial charge is 0.307 e. The number of anilines is 1. The van der Waals surface area contributed by atoms with Crippen LogP contribution in [0.2, 0.25) is 0 Å². The monoisotopic (exact) mass is 687 g/mol. The highest BCUT2D eigenvalue weighted by Crippen LogP contribution is 2.44. The van der Waals surface area contributed by atoms with Crippen LogP contribution in [0.25, 0.3) is 0 Å². The molecule has 1 saturated carbocycles. The predicted molar refractivity (Wildman–Crippen MR) is 175 cm³/mol. The standard InChI is InChI=1S/C35H38BrN5O5/c1-21-16-31(38-37-17-21)39-14-12-23(19-39)46-30-11-10-28(36)27-13-15-41(34(43)25-8-4-5-9-26(25)35(44)45)29(32(27)30)20-40-18-22-6-2-3-7-24(22)33(40)42/h2-3,6-7,10-11,16-17,23,25-26,29H,4-5,8-9,12-15,18-20H2,1H3,(H,44,45)/t23-,25+,26-,29?/m0/s1. The normalized spacial score (nSPS) is 24.1. The quantitative estimate of drug-likeness (QED) is 0.362. The van der Waals surface area contributed by atoms with Gasteiger partial charge < -0.3 is 24.5 Å². The summed E-state index contributed by atoms with van der Waals surface area (Å²) in [6, 6.07) is 13.1. The molecule has 1 unspecified atom stereocenters. The van der Waals surface area contributed by atoms with Crippen LogP contribution in [0.15, 0.2) is 53.1 Å². The van der Waals surface area contributed by atoms with Crippen molar-refractivity contribution in [1.29, 1.82) is 0 Å². The van der Waals surface area contributed by atoms with Crippen LogP contribution in [0.4, 0.5) is 5.82 Å². The zero-order chi connectivity index (χ0) is 31.9. The van der Waals surface area contributed by atoms with Gasteiger partial charge in [0.25, 0.3) is 5.91 Å². The molecule has 240 valence electrons. The van der Waals surface area contributed by atoms with E-state index in [9.17, 15) is 19.5 Å². The highest BCUT2D eigenvalue weighted by Gasteiger charge is 2.44. The van der Waals surface area contributed by atoms with Gasteiger partial charge in [0.1, 0.15) is 11.9 Å². The maximum absolute atomic E-state index is 14.4. The van der Waals surface area contributed by atoms with Crippen LogP contribution in [0.5, 0.6) is 5.75 Å². The van der Waals surface area contributed by atoms with Crippen molar-refractivity contribution in [3.63, 3.8) is 0 Å². The van der Waals surface area contributed by atoms with Gasteiger partial charge in [-0.25, -0.2) is 0 Å². The number of aryl methyl sites for hydroxylation is 1. The highest BCUT2D eigenvalue weighted by molar-refractivity contribution is 9.10. The lowest BCUT2D eigenvalue weighted by atomic mass is 9.77. The first-order valence-electron chi connectivity index (χ1n) is 16.2. The molecule has 1 N–H and O–H groups in total. The van der Waals surface area contributed by atoms with Gasteiger partial charge in [0.2, 0.25) is 5.91 Å². The molecule has 11 heteroatoms. The fourth-order valence-corrected chi connectivity index (χ4v) is 8.30. The van der Waals surface area contributed by atoms with Gasteiger partial charge in [0.05, 0.1) is 30.6 Å². The van der Waals surface area contributed by atoms with E-state index in [0.717, 1.165) is 58.4 Å². The number of hydrogen-bond acceptors (Lipinski definition) is 7. The molecular weight excluding hydrogens is 650 g/mol. The minimum Gasteiger partial charge on any atom is -0.488 e. The molecule has 0 spiro atoms. The lowest BCUT2D eigenvalue weighted by molar-refractivity contribution is -0.153. The predicted octanol–water partition coefficient (Wildman–Crippen LogP) is 5.18. The Kier molecular flexibility index (Phi) is 8.44. The fourth-order valence-electron chi connectivity index (χ4n) is 7.76. The molecule has 3 aliphatic heterocycles. The van der Waals surface area contributed by atoms with Gasteiger partial charge in [-0.15, -0.1) is 5.10 Å². The number of carbonyl (C=O) groups is 3. The highest BCUT2D eigenvalue weighted by atomic mass is 79.9. The van der Waals surface area contributed by atoms with E-state index < -0.39 is 23.8 Å². The molecule has 3 aromatic rings. The molecular formula is C35H38BrN5O5. The topological polar surface area (TPSA) is 116 Å². The van der Waals surface area contributed by atoms with Gasteiger partial charge in [-0.1, -0.05) is 47.0 Å². The minimum atomic E-state index is -0.909. The number of rotatable bonds is 7. The van der Waals surface area contributed by atoms with Crippen LogP contribution in [0.1, 0.15) is 70.8 Å². The minimum absolute atomic E-state index is 0.0561. The number of benzene rings is 2. The van der Waals surface area contributed by atoms with E-state index in [2.05, 4.69) is 31.0 Å². The molecule has 2 amide bonds. The molecule has 4 heterocycles. The summed E-state index contributed by atoms with van der Waals surface area (Å²) in [5.41, 5.74) is 4.66. The van der Waals surface area contributed by atoms with Crippen molar-refractivity contribution in [3.8, 4) is 5.75 Å². The Bertz CT molecular complexity index is 1680. The first kappa shape index (κ1) is 30.7. The number of hydrogen-bond donors (Lipinski definition) is 1. The second-order valence-corrected chi connectivity index (χ2v) is 13.8. The molecule has 0 bridgehead atoms. The number of amides is 2. The summed E-state index contributed by atoms with van der Waals surface area (Å²) in [5, 5.41) is 18.5. The van der Waals surface area contributed by atoms with Crippen LogP contribution in [-0.2, 0) is 22.6 Å². The van der Waals surface area contributed by atoms with Gasteiger partial charge in [-0.3, -0.25) is 14.4 Å². The molecule has 4 aliphatic rings. The Morgan fingerprint density at radius 2 is 1.87 bits per heavy atom. The zero-order valence-electron chi connectivity index (χ0n) is 25.9. The van der Waals surface area contributed by atoms with Gasteiger partial charge in [0.15, 0.2) is 5.82 Å². The van der Waals surface area contributed by atoms with Crippen LogP contribution in [-0.4, -0.2) is 75.2 Å². The molecule has 1 aliphatic carbocycles. The van der Waals surface area contributed by atoms with Gasteiger partial charge in [-0.2, -0.15) is 5.10 Å². The SMILES string of the molecule is Cc1cnnc(N2CC[C@H](Oc3ccc(Br)c4c3C(CN3Cc5ccccc5C3=O)N(C(=O)[C@@H]3CCCC[C@@H]3C(=O)O)CC4)C2)c1. The first-order valence-corrected chi connectivity index (χ1v) is 17.0. The van der Waals surface area contributed by atoms with Crippen LogP contribution in [0, 0.1) is 18.8 Å². The van der Waals surface area contributed by atoms with Crippen molar-refractivity contribution in [2.45, 2.75) is 64.1 Å².